The van der Waals surface area contributed by atoms with Crippen LogP contribution in [0.4, 0.5) is 4.79 Å². The molecule has 0 aliphatic rings. The van der Waals surface area contributed by atoms with Crippen LogP contribution in [-0.4, -0.2) is 59.5 Å². The number of hydrogen-bond donors (Lipinski definition) is 1. The Labute approximate surface area is 118 Å². The smallest absolute Gasteiger partial charge is 0.407 e. The molecule has 0 aliphatic heterocycles. The van der Waals surface area contributed by atoms with Crippen LogP contribution < -0.4 is 0 Å². The number of carboxylic acid groups (broad SMARTS) is 1. The molecule has 1 N–H and O–H groups in total. The molecule has 6 nitrogen and oxygen atoms in total. The first kappa shape index (κ1) is 15.8. The molecule has 0 bridgehead atoms. The van der Waals surface area contributed by atoms with Crippen LogP contribution in [0.2, 0.25) is 0 Å². The Kier molecular flexibility index (Phi) is 6.39. The van der Waals surface area contributed by atoms with Gasteiger partial charge < -0.3 is 10.0 Å². The molecule has 0 aliphatic carbocycles. The number of carbonyl (C=O) groups is 2. The molecule has 1 heterocycles. The molecule has 1 rings (SSSR count). The first-order chi connectivity index (χ1) is 9.52. The van der Waals surface area contributed by atoms with E-state index in [9.17, 15) is 9.59 Å². The minimum absolute atomic E-state index is 0.156. The van der Waals surface area contributed by atoms with Gasteiger partial charge >= 0.3 is 6.09 Å². The summed E-state index contributed by atoms with van der Waals surface area (Å²) >= 11 is 0. The van der Waals surface area contributed by atoms with Gasteiger partial charge in [0, 0.05) is 24.8 Å². The van der Waals surface area contributed by atoms with Crippen molar-refractivity contribution in [3.8, 4) is 0 Å². The van der Waals surface area contributed by atoms with Gasteiger partial charge in [0.05, 0.1) is 12.2 Å². The minimum Gasteiger partial charge on any atom is -0.465 e. The fraction of sp³-hybridized carbons (Fsp3) is 0.357. The standard InChI is InChI=1S/C14H19N3O3/c1-16(2)7-3-4-8-17(14(19)20)10-13-9-12(11-18)5-6-15-13/h3-6,9,11H,7-8,10H2,1-2H3,(H,19,20)/b4-3-. The van der Waals surface area contributed by atoms with Crippen LogP contribution in [0.15, 0.2) is 30.5 Å². The van der Waals surface area contributed by atoms with Crippen molar-refractivity contribution < 1.29 is 14.7 Å². The predicted molar refractivity (Wildman–Crippen MR) is 75.8 cm³/mol. The molecule has 1 aromatic rings. The number of nitrogens with zero attached hydrogens (tertiary/aromatic N) is 3. The molecule has 6 heteroatoms. The molecule has 0 radical (unpaired) electrons. The van der Waals surface area contributed by atoms with Crippen LogP contribution in [-0.2, 0) is 6.54 Å². The van der Waals surface area contributed by atoms with E-state index in [1.807, 2.05) is 25.1 Å². The topological polar surface area (TPSA) is 73.7 Å². The van der Waals surface area contributed by atoms with E-state index in [4.69, 9.17) is 5.11 Å². The molecule has 108 valence electrons. The van der Waals surface area contributed by atoms with E-state index < -0.39 is 6.09 Å². The highest BCUT2D eigenvalue weighted by Gasteiger charge is 2.11. The van der Waals surface area contributed by atoms with Gasteiger partial charge in [-0.3, -0.25) is 14.7 Å². The molecule has 0 aromatic carbocycles. The van der Waals surface area contributed by atoms with E-state index in [-0.39, 0.29) is 13.1 Å². The Morgan fingerprint density at radius 3 is 2.65 bits per heavy atom. The van der Waals surface area contributed by atoms with Crippen molar-refractivity contribution in [3.05, 3.63) is 41.7 Å². The molecule has 1 amide bonds. The zero-order valence-electron chi connectivity index (χ0n) is 11.7. The first-order valence-electron chi connectivity index (χ1n) is 6.20. The summed E-state index contributed by atoms with van der Waals surface area (Å²) in [5, 5.41) is 9.15. The Morgan fingerprint density at radius 2 is 2.05 bits per heavy atom. The summed E-state index contributed by atoms with van der Waals surface area (Å²) in [5.41, 5.74) is 1.04. The van der Waals surface area contributed by atoms with Gasteiger partial charge in [-0.1, -0.05) is 12.2 Å². The second kappa shape index (κ2) is 8.06. The van der Waals surface area contributed by atoms with Crippen molar-refractivity contribution >= 4 is 12.4 Å². The molecular weight excluding hydrogens is 258 g/mol. The lowest BCUT2D eigenvalue weighted by molar-refractivity contribution is 0.112. The third kappa shape index (κ3) is 5.62. The van der Waals surface area contributed by atoms with E-state index in [2.05, 4.69) is 4.98 Å². The monoisotopic (exact) mass is 277 g/mol. The van der Waals surface area contributed by atoms with Crippen LogP contribution in [0.3, 0.4) is 0 Å². The van der Waals surface area contributed by atoms with Crippen LogP contribution in [0, 0.1) is 0 Å². The third-order valence-electron chi connectivity index (χ3n) is 2.56. The normalized spacial score (nSPS) is 10.9. The third-order valence-corrected chi connectivity index (χ3v) is 2.56. The zero-order valence-corrected chi connectivity index (χ0v) is 11.7. The lowest BCUT2D eigenvalue weighted by Gasteiger charge is -2.17. The average molecular weight is 277 g/mol. The van der Waals surface area contributed by atoms with Gasteiger partial charge in [-0.25, -0.2) is 4.79 Å². The van der Waals surface area contributed by atoms with Gasteiger partial charge in [0.1, 0.15) is 6.29 Å². The largest absolute Gasteiger partial charge is 0.465 e. The van der Waals surface area contributed by atoms with E-state index in [0.29, 0.717) is 17.5 Å². The van der Waals surface area contributed by atoms with E-state index in [1.165, 1.54) is 11.1 Å². The predicted octanol–water partition coefficient (Wildman–Crippen LogP) is 1.49. The molecular formula is C14H19N3O3. The summed E-state index contributed by atoms with van der Waals surface area (Å²) in [5.74, 6) is 0. The maximum absolute atomic E-state index is 11.2. The molecule has 20 heavy (non-hydrogen) atoms. The van der Waals surface area contributed by atoms with Crippen molar-refractivity contribution in [2.75, 3.05) is 27.2 Å². The Balaban J connectivity index is 2.64. The van der Waals surface area contributed by atoms with Gasteiger partial charge in [-0.15, -0.1) is 0 Å². The molecule has 0 unspecified atom stereocenters. The maximum atomic E-state index is 11.2. The number of hydrogen-bond acceptors (Lipinski definition) is 4. The van der Waals surface area contributed by atoms with Crippen molar-refractivity contribution in [3.63, 3.8) is 0 Å². The van der Waals surface area contributed by atoms with Crippen molar-refractivity contribution in [2.45, 2.75) is 6.54 Å². The average Bonchev–Trinajstić information content (AvgIpc) is 2.42. The van der Waals surface area contributed by atoms with E-state index in [1.54, 1.807) is 18.2 Å². The number of rotatable bonds is 7. The Bertz CT molecular complexity index is 486. The summed E-state index contributed by atoms with van der Waals surface area (Å²) in [7, 11) is 3.88. The minimum atomic E-state index is -1.02. The SMILES string of the molecule is CN(C)C/C=C\CN(Cc1cc(C=O)ccn1)C(=O)O. The van der Waals surface area contributed by atoms with E-state index >= 15 is 0 Å². The van der Waals surface area contributed by atoms with Crippen LogP contribution >= 0.6 is 0 Å². The molecule has 0 saturated carbocycles. The Hall–Kier alpha value is -2.21. The molecule has 0 atom stereocenters. The summed E-state index contributed by atoms with van der Waals surface area (Å²) in [6.45, 7) is 1.20. The second-order valence-electron chi connectivity index (χ2n) is 4.60. The van der Waals surface area contributed by atoms with Gasteiger partial charge in [-0.2, -0.15) is 0 Å². The Morgan fingerprint density at radius 1 is 1.35 bits per heavy atom. The first-order valence-corrected chi connectivity index (χ1v) is 6.20. The van der Waals surface area contributed by atoms with Crippen LogP contribution in [0.25, 0.3) is 0 Å². The fourth-order valence-corrected chi connectivity index (χ4v) is 1.55. The summed E-state index contributed by atoms with van der Waals surface area (Å²) in [6.07, 6.45) is 4.91. The van der Waals surface area contributed by atoms with Gasteiger partial charge in [0.15, 0.2) is 0 Å². The second-order valence-corrected chi connectivity index (χ2v) is 4.60. The number of carbonyl (C=O) groups excluding carboxylic acids is 1. The lowest BCUT2D eigenvalue weighted by atomic mass is 10.2. The number of pyridine rings is 1. The van der Waals surface area contributed by atoms with Crippen LogP contribution in [0.5, 0.6) is 0 Å². The highest BCUT2D eigenvalue weighted by atomic mass is 16.4. The number of amides is 1. The number of aldehydes is 1. The fourth-order valence-electron chi connectivity index (χ4n) is 1.55. The number of aromatic nitrogens is 1. The van der Waals surface area contributed by atoms with Crippen molar-refractivity contribution in [2.24, 2.45) is 0 Å². The van der Waals surface area contributed by atoms with Crippen molar-refractivity contribution in [1.29, 1.82) is 0 Å². The summed E-state index contributed by atoms with van der Waals surface area (Å²) in [6, 6.07) is 3.17. The molecule has 0 saturated heterocycles. The van der Waals surface area contributed by atoms with Crippen molar-refractivity contribution in [1.82, 2.24) is 14.8 Å². The molecule has 0 spiro atoms. The molecule has 0 fully saturated rings. The summed E-state index contributed by atoms with van der Waals surface area (Å²) in [4.78, 5) is 29.1. The maximum Gasteiger partial charge on any atom is 0.407 e. The number of likely N-dealkylation sites (N-methyl/N-ethyl adjacent to an activating group) is 1. The highest BCUT2D eigenvalue weighted by molar-refractivity contribution is 5.74. The highest BCUT2D eigenvalue weighted by Crippen LogP contribution is 2.04. The van der Waals surface area contributed by atoms with Gasteiger partial charge in [0.25, 0.3) is 0 Å². The molecule has 1 aromatic heterocycles. The quantitative estimate of drug-likeness (QED) is 0.604. The van der Waals surface area contributed by atoms with Crippen LogP contribution in [0.1, 0.15) is 16.1 Å². The van der Waals surface area contributed by atoms with Gasteiger partial charge in [0.2, 0.25) is 0 Å². The lowest BCUT2D eigenvalue weighted by Crippen LogP contribution is -2.29. The zero-order chi connectivity index (χ0) is 15.0. The van der Waals surface area contributed by atoms with Gasteiger partial charge in [-0.05, 0) is 26.2 Å². The summed E-state index contributed by atoms with van der Waals surface area (Å²) < 4.78 is 0. The van der Waals surface area contributed by atoms with E-state index in [0.717, 1.165) is 6.54 Å².